The predicted molar refractivity (Wildman–Crippen MR) is 46.0 cm³/mol. The minimum Gasteiger partial charge on any atom is -0.394 e. The summed E-state index contributed by atoms with van der Waals surface area (Å²) >= 11 is 0. The Hall–Kier alpha value is -0.280. The largest absolute Gasteiger partial charge is 0.394 e. The first kappa shape index (κ1) is 11.8. The third-order valence-electron chi connectivity index (χ3n) is 2.25. The lowest BCUT2D eigenvalue weighted by Crippen LogP contribution is -2.63. The highest BCUT2D eigenvalue weighted by atomic mass is 16.6. The van der Waals surface area contributed by atoms with Crippen LogP contribution in [0.15, 0.2) is 0 Å². The molecule has 14 heavy (non-hydrogen) atoms. The van der Waals surface area contributed by atoms with Crippen molar-refractivity contribution in [1.29, 1.82) is 0 Å². The molecule has 1 heterocycles. The van der Waals surface area contributed by atoms with Crippen LogP contribution in [0.2, 0.25) is 0 Å². The maximum atomic E-state index is 9.52. The molecule has 1 aliphatic rings. The molecule has 7 N–H and O–H groups in total. The third-order valence-corrected chi connectivity index (χ3v) is 2.25. The zero-order valence-corrected chi connectivity index (χ0v) is 7.58. The summed E-state index contributed by atoms with van der Waals surface area (Å²) in [4.78, 5) is 0. The molecule has 0 aliphatic carbocycles. The number of hydrogen-bond donors (Lipinski definition) is 6. The van der Waals surface area contributed by atoms with Gasteiger partial charge in [0.2, 0.25) is 0 Å². The van der Waals surface area contributed by atoms with Crippen LogP contribution in [0.1, 0.15) is 0 Å². The fourth-order valence-corrected chi connectivity index (χ4v) is 1.45. The highest BCUT2D eigenvalue weighted by molar-refractivity contribution is 4.92. The van der Waals surface area contributed by atoms with Gasteiger partial charge in [-0.15, -0.1) is 0 Å². The zero-order chi connectivity index (χ0) is 10.7. The lowest BCUT2D eigenvalue weighted by atomic mass is 9.97. The summed E-state index contributed by atoms with van der Waals surface area (Å²) < 4.78 is 4.86. The Morgan fingerprint density at radius 3 is 2.36 bits per heavy atom. The summed E-state index contributed by atoms with van der Waals surface area (Å²) in [5.74, 6) is 0. The van der Waals surface area contributed by atoms with Gasteiger partial charge in [0.05, 0.1) is 12.6 Å². The van der Waals surface area contributed by atoms with Gasteiger partial charge in [-0.25, -0.2) is 0 Å². The van der Waals surface area contributed by atoms with Gasteiger partial charge < -0.3 is 30.9 Å². The van der Waals surface area contributed by atoms with Crippen LogP contribution in [0.25, 0.3) is 0 Å². The van der Waals surface area contributed by atoms with Crippen molar-refractivity contribution in [2.24, 2.45) is 5.73 Å². The van der Waals surface area contributed by atoms with E-state index in [9.17, 15) is 15.3 Å². The van der Waals surface area contributed by atoms with Crippen LogP contribution in [0.5, 0.6) is 0 Å². The second-order valence-electron chi connectivity index (χ2n) is 3.16. The molecule has 0 radical (unpaired) electrons. The van der Waals surface area contributed by atoms with Crippen molar-refractivity contribution >= 4 is 0 Å². The molecule has 1 aliphatic heterocycles. The average molecular weight is 208 g/mol. The Balaban J connectivity index is 2.63. The number of rotatable bonds is 3. The van der Waals surface area contributed by atoms with Gasteiger partial charge in [0.15, 0.2) is 6.29 Å². The van der Waals surface area contributed by atoms with Crippen LogP contribution in [-0.4, -0.2) is 64.3 Å². The molecule has 0 amide bonds. The van der Waals surface area contributed by atoms with Gasteiger partial charge in [0.1, 0.15) is 18.3 Å². The third kappa shape index (κ3) is 2.20. The van der Waals surface area contributed by atoms with Gasteiger partial charge in [-0.1, -0.05) is 0 Å². The lowest BCUT2D eigenvalue weighted by molar-refractivity contribution is -0.254. The highest BCUT2D eigenvalue weighted by Gasteiger charge is 2.42. The number of aliphatic hydroxyl groups is 4. The SMILES string of the molecule is NCN[C@H]1C(O)OC(CO)[C@H](O)[C@@H]1O. The van der Waals surface area contributed by atoms with Crippen LogP contribution in [-0.2, 0) is 4.74 Å². The molecule has 0 spiro atoms. The molecule has 0 aromatic rings. The second kappa shape index (κ2) is 4.99. The zero-order valence-electron chi connectivity index (χ0n) is 7.58. The Kier molecular flexibility index (Phi) is 4.20. The van der Waals surface area contributed by atoms with E-state index in [4.69, 9.17) is 15.6 Å². The van der Waals surface area contributed by atoms with E-state index in [2.05, 4.69) is 5.32 Å². The van der Waals surface area contributed by atoms with Crippen molar-refractivity contribution in [3.63, 3.8) is 0 Å². The van der Waals surface area contributed by atoms with E-state index >= 15 is 0 Å². The molecule has 1 fully saturated rings. The predicted octanol–water partition coefficient (Wildman–Crippen LogP) is -3.71. The Labute approximate surface area is 81.1 Å². The number of nitrogens with two attached hydrogens (primary N) is 1. The molecule has 7 heteroatoms. The summed E-state index contributed by atoms with van der Waals surface area (Å²) in [5.41, 5.74) is 5.18. The number of nitrogens with one attached hydrogen (secondary N) is 1. The monoisotopic (exact) mass is 208 g/mol. The van der Waals surface area contributed by atoms with Gasteiger partial charge >= 0.3 is 0 Å². The van der Waals surface area contributed by atoms with Gasteiger partial charge in [0.25, 0.3) is 0 Å². The summed E-state index contributed by atoms with van der Waals surface area (Å²) in [7, 11) is 0. The molecule has 84 valence electrons. The first-order chi connectivity index (χ1) is 6.61. The van der Waals surface area contributed by atoms with E-state index in [1.165, 1.54) is 0 Å². The van der Waals surface area contributed by atoms with Crippen molar-refractivity contribution < 1.29 is 25.2 Å². The fourth-order valence-electron chi connectivity index (χ4n) is 1.45. The molecule has 2 unspecified atom stereocenters. The molecular weight excluding hydrogens is 192 g/mol. The Morgan fingerprint density at radius 2 is 1.86 bits per heavy atom. The van der Waals surface area contributed by atoms with Crippen molar-refractivity contribution in [3.05, 3.63) is 0 Å². The highest BCUT2D eigenvalue weighted by Crippen LogP contribution is 2.19. The van der Waals surface area contributed by atoms with E-state index in [0.717, 1.165) is 0 Å². The topological polar surface area (TPSA) is 128 Å². The molecule has 0 aromatic heterocycles. The quantitative estimate of drug-likeness (QED) is 0.263. The minimum atomic E-state index is -1.30. The van der Waals surface area contributed by atoms with E-state index in [0.29, 0.717) is 0 Å². The van der Waals surface area contributed by atoms with Gasteiger partial charge in [-0.3, -0.25) is 5.32 Å². The summed E-state index contributed by atoms with van der Waals surface area (Å²) in [6.45, 7) is -0.427. The van der Waals surface area contributed by atoms with Crippen LogP contribution in [0, 0.1) is 0 Å². The summed E-state index contributed by atoms with van der Waals surface area (Å²) in [6.07, 6.45) is -4.74. The lowest BCUT2D eigenvalue weighted by Gasteiger charge is -2.40. The van der Waals surface area contributed by atoms with Crippen molar-refractivity contribution in [3.8, 4) is 0 Å². The Morgan fingerprint density at radius 1 is 1.21 bits per heavy atom. The molecule has 7 nitrogen and oxygen atoms in total. The maximum Gasteiger partial charge on any atom is 0.173 e. The smallest absolute Gasteiger partial charge is 0.173 e. The van der Waals surface area contributed by atoms with Crippen LogP contribution >= 0.6 is 0 Å². The van der Waals surface area contributed by atoms with Crippen LogP contribution in [0.4, 0.5) is 0 Å². The standard InChI is InChI=1S/C7H16N2O5/c8-2-9-4-6(12)5(11)3(1-10)14-7(4)13/h3-7,9-13H,1-2,8H2/t3?,4-,5+,6-,7?/m1/s1. The summed E-state index contributed by atoms with van der Waals surface area (Å²) in [6, 6.07) is -0.849. The van der Waals surface area contributed by atoms with Crippen LogP contribution in [0.3, 0.4) is 0 Å². The van der Waals surface area contributed by atoms with E-state index < -0.39 is 37.3 Å². The van der Waals surface area contributed by atoms with E-state index in [-0.39, 0.29) is 6.67 Å². The fraction of sp³-hybridized carbons (Fsp3) is 1.00. The first-order valence-electron chi connectivity index (χ1n) is 4.35. The van der Waals surface area contributed by atoms with Crippen molar-refractivity contribution in [2.45, 2.75) is 30.6 Å². The molecule has 1 rings (SSSR count). The molecule has 1 saturated heterocycles. The summed E-state index contributed by atoms with van der Waals surface area (Å²) in [5, 5.41) is 39.6. The average Bonchev–Trinajstić information content (AvgIpc) is 2.18. The van der Waals surface area contributed by atoms with Crippen molar-refractivity contribution in [2.75, 3.05) is 13.3 Å². The van der Waals surface area contributed by atoms with Gasteiger partial charge in [-0.2, -0.15) is 0 Å². The van der Waals surface area contributed by atoms with Gasteiger partial charge in [-0.05, 0) is 0 Å². The molecular formula is C7H16N2O5. The van der Waals surface area contributed by atoms with E-state index in [1.807, 2.05) is 0 Å². The normalized spacial score (nSPS) is 43.9. The van der Waals surface area contributed by atoms with Gasteiger partial charge in [0, 0.05) is 6.67 Å². The number of hydrogen-bond acceptors (Lipinski definition) is 7. The Bertz CT molecular complexity index is 181. The molecule has 0 saturated carbocycles. The van der Waals surface area contributed by atoms with Crippen LogP contribution < -0.4 is 11.1 Å². The van der Waals surface area contributed by atoms with E-state index in [1.54, 1.807) is 0 Å². The molecule has 0 aromatic carbocycles. The second-order valence-corrected chi connectivity index (χ2v) is 3.16. The number of ether oxygens (including phenoxy) is 1. The minimum absolute atomic E-state index is 0.0403. The maximum absolute atomic E-state index is 9.52. The molecule has 0 bridgehead atoms. The first-order valence-corrected chi connectivity index (χ1v) is 4.35. The molecule has 5 atom stereocenters. The number of aliphatic hydroxyl groups excluding tert-OH is 4. The van der Waals surface area contributed by atoms with Crippen molar-refractivity contribution in [1.82, 2.24) is 5.32 Å².